The maximum atomic E-state index is 14.8. The number of carbonyl (C=O) groups is 1. The van der Waals surface area contributed by atoms with Gasteiger partial charge in [0.25, 0.3) is 0 Å². The molecule has 0 saturated heterocycles. The molecule has 3 atom stereocenters. The highest BCUT2D eigenvalue weighted by Gasteiger charge is 2.61. The van der Waals surface area contributed by atoms with Crippen molar-refractivity contribution >= 4 is 5.97 Å². The highest BCUT2D eigenvalue weighted by Crippen LogP contribution is 2.60. The highest BCUT2D eigenvalue weighted by atomic mass is 19.1. The van der Waals surface area contributed by atoms with E-state index in [1.807, 2.05) is 30.3 Å². The van der Waals surface area contributed by atoms with Crippen LogP contribution in [0, 0.1) is 17.3 Å². The van der Waals surface area contributed by atoms with Crippen LogP contribution in [0.1, 0.15) is 62.4 Å². The molecule has 4 rings (SSSR count). The number of hydrogen-bond acceptors (Lipinski definition) is 2. The van der Waals surface area contributed by atoms with E-state index in [1.165, 1.54) is 31.3 Å². The second-order valence-corrected chi connectivity index (χ2v) is 8.98. The Morgan fingerprint density at radius 1 is 1.10 bits per heavy atom. The van der Waals surface area contributed by atoms with E-state index in [1.54, 1.807) is 24.3 Å². The summed E-state index contributed by atoms with van der Waals surface area (Å²) in [5.74, 6) is 0.0693. The van der Waals surface area contributed by atoms with E-state index in [2.05, 4.69) is 19.9 Å². The SMILES string of the molecule is CC1(C)C(C=C2CCCC2)C1C(=O)OCc1cccc(C(F)c2ccccc2)c1. The summed E-state index contributed by atoms with van der Waals surface area (Å²) in [6, 6.07) is 16.4. The third kappa shape index (κ3) is 4.29. The first-order chi connectivity index (χ1) is 14.0. The third-order valence-electron chi connectivity index (χ3n) is 6.54. The van der Waals surface area contributed by atoms with Crippen molar-refractivity contribution in [2.24, 2.45) is 17.3 Å². The van der Waals surface area contributed by atoms with Crippen molar-refractivity contribution < 1.29 is 13.9 Å². The lowest BCUT2D eigenvalue weighted by molar-refractivity contribution is -0.147. The Morgan fingerprint density at radius 2 is 1.79 bits per heavy atom. The van der Waals surface area contributed by atoms with Crippen LogP contribution in [0.15, 0.2) is 66.2 Å². The monoisotopic (exact) mass is 392 g/mol. The Balaban J connectivity index is 1.38. The first-order valence-electron chi connectivity index (χ1n) is 10.6. The van der Waals surface area contributed by atoms with Crippen LogP contribution in [0.2, 0.25) is 0 Å². The minimum Gasteiger partial charge on any atom is -0.461 e. The number of carbonyl (C=O) groups excluding carboxylic acids is 1. The number of alkyl halides is 1. The van der Waals surface area contributed by atoms with Gasteiger partial charge in [0, 0.05) is 0 Å². The molecule has 0 radical (unpaired) electrons. The standard InChI is InChI=1S/C26H29FO2/c1-26(2)22(16-18-9-6-7-10-18)23(26)25(28)29-17-19-11-8-14-21(15-19)24(27)20-12-4-3-5-13-20/h3-5,8,11-16,22-24H,6-7,9-10,17H2,1-2H3. The average molecular weight is 393 g/mol. The van der Waals surface area contributed by atoms with Crippen LogP contribution in [0.4, 0.5) is 4.39 Å². The largest absolute Gasteiger partial charge is 0.461 e. The second-order valence-electron chi connectivity index (χ2n) is 8.98. The van der Waals surface area contributed by atoms with Crippen molar-refractivity contribution in [1.29, 1.82) is 0 Å². The summed E-state index contributed by atoms with van der Waals surface area (Å²) < 4.78 is 20.4. The number of hydrogen-bond donors (Lipinski definition) is 0. The number of ether oxygens (including phenoxy) is 1. The molecular weight excluding hydrogens is 363 g/mol. The lowest BCUT2D eigenvalue weighted by atomic mass is 10.0. The van der Waals surface area contributed by atoms with E-state index in [0.717, 1.165) is 5.56 Å². The zero-order valence-corrected chi connectivity index (χ0v) is 17.2. The lowest BCUT2D eigenvalue weighted by Crippen LogP contribution is -2.11. The van der Waals surface area contributed by atoms with Gasteiger partial charge in [-0.25, -0.2) is 4.39 Å². The summed E-state index contributed by atoms with van der Waals surface area (Å²) in [7, 11) is 0. The van der Waals surface area contributed by atoms with E-state index in [-0.39, 0.29) is 29.8 Å². The van der Waals surface area contributed by atoms with E-state index in [4.69, 9.17) is 4.74 Å². The number of rotatable bonds is 6. The molecule has 2 aromatic carbocycles. The zero-order chi connectivity index (χ0) is 20.4. The number of esters is 1. The molecule has 29 heavy (non-hydrogen) atoms. The molecule has 2 saturated carbocycles. The molecule has 2 nitrogen and oxygen atoms in total. The molecule has 2 fully saturated rings. The topological polar surface area (TPSA) is 26.3 Å². The van der Waals surface area contributed by atoms with Gasteiger partial charge in [-0.3, -0.25) is 4.79 Å². The van der Waals surface area contributed by atoms with Crippen LogP contribution < -0.4 is 0 Å². The molecule has 0 amide bonds. The molecule has 3 unspecified atom stereocenters. The van der Waals surface area contributed by atoms with Gasteiger partial charge in [-0.15, -0.1) is 0 Å². The Bertz CT molecular complexity index is 892. The molecule has 0 N–H and O–H groups in total. The number of halogens is 1. The summed E-state index contributed by atoms with van der Waals surface area (Å²) in [4.78, 5) is 12.7. The Labute approximate surface area is 172 Å². The second kappa shape index (κ2) is 8.14. The fraction of sp³-hybridized carbons (Fsp3) is 0.423. The van der Waals surface area contributed by atoms with E-state index < -0.39 is 6.17 Å². The molecule has 0 aromatic heterocycles. The van der Waals surface area contributed by atoms with Gasteiger partial charge in [0.1, 0.15) is 6.61 Å². The summed E-state index contributed by atoms with van der Waals surface area (Å²) in [5.41, 5.74) is 3.50. The van der Waals surface area contributed by atoms with Gasteiger partial charge in [-0.2, -0.15) is 0 Å². The molecule has 0 spiro atoms. The predicted molar refractivity (Wildman–Crippen MR) is 113 cm³/mol. The fourth-order valence-corrected chi connectivity index (χ4v) is 4.59. The lowest BCUT2D eigenvalue weighted by Gasteiger charge is -2.11. The van der Waals surface area contributed by atoms with Gasteiger partial charge in [0.15, 0.2) is 6.17 Å². The van der Waals surface area contributed by atoms with Gasteiger partial charge in [-0.1, -0.05) is 74.0 Å². The van der Waals surface area contributed by atoms with Crippen LogP contribution in [-0.4, -0.2) is 5.97 Å². The Kier molecular flexibility index (Phi) is 5.58. The van der Waals surface area contributed by atoms with Gasteiger partial charge in [-0.05, 0) is 59.8 Å². The summed E-state index contributed by atoms with van der Waals surface area (Å²) in [6.07, 6.45) is 6.02. The van der Waals surface area contributed by atoms with Crippen molar-refractivity contribution in [3.8, 4) is 0 Å². The van der Waals surface area contributed by atoms with Crippen molar-refractivity contribution in [3.05, 3.63) is 82.9 Å². The molecule has 0 bridgehead atoms. The minimum atomic E-state index is -1.18. The highest BCUT2D eigenvalue weighted by molar-refractivity contribution is 5.78. The third-order valence-corrected chi connectivity index (χ3v) is 6.54. The molecule has 2 aliphatic carbocycles. The number of allylic oxidation sites excluding steroid dienone is 2. The van der Waals surface area contributed by atoms with Crippen molar-refractivity contribution in [2.45, 2.75) is 52.3 Å². The minimum absolute atomic E-state index is 0.0358. The van der Waals surface area contributed by atoms with E-state index >= 15 is 0 Å². The van der Waals surface area contributed by atoms with Crippen LogP contribution in [0.5, 0.6) is 0 Å². The van der Waals surface area contributed by atoms with Crippen molar-refractivity contribution in [3.63, 3.8) is 0 Å². The van der Waals surface area contributed by atoms with E-state index in [9.17, 15) is 9.18 Å². The molecule has 0 aliphatic heterocycles. The normalized spacial score (nSPS) is 23.5. The Hall–Kier alpha value is -2.42. The van der Waals surface area contributed by atoms with Gasteiger partial charge in [0.05, 0.1) is 5.92 Å². The molecule has 2 aliphatic rings. The van der Waals surface area contributed by atoms with Gasteiger partial charge < -0.3 is 4.74 Å². The quantitative estimate of drug-likeness (QED) is 0.411. The molecule has 3 heteroatoms. The first-order valence-corrected chi connectivity index (χ1v) is 10.6. The fourth-order valence-electron chi connectivity index (χ4n) is 4.59. The molecule has 2 aromatic rings. The molecular formula is C26H29FO2. The molecule has 0 heterocycles. The summed E-state index contributed by atoms with van der Waals surface area (Å²) in [5, 5.41) is 0. The Morgan fingerprint density at radius 3 is 2.52 bits per heavy atom. The van der Waals surface area contributed by atoms with Crippen LogP contribution in [0.3, 0.4) is 0 Å². The van der Waals surface area contributed by atoms with Crippen LogP contribution in [-0.2, 0) is 16.1 Å². The van der Waals surface area contributed by atoms with Crippen LogP contribution >= 0.6 is 0 Å². The van der Waals surface area contributed by atoms with Crippen molar-refractivity contribution in [1.82, 2.24) is 0 Å². The maximum absolute atomic E-state index is 14.8. The van der Waals surface area contributed by atoms with Gasteiger partial charge >= 0.3 is 5.97 Å². The average Bonchev–Trinajstić information content (AvgIpc) is 3.07. The van der Waals surface area contributed by atoms with Gasteiger partial charge in [0.2, 0.25) is 0 Å². The van der Waals surface area contributed by atoms with Crippen LogP contribution in [0.25, 0.3) is 0 Å². The maximum Gasteiger partial charge on any atom is 0.310 e. The zero-order valence-electron chi connectivity index (χ0n) is 17.2. The summed E-state index contributed by atoms with van der Waals surface area (Å²) >= 11 is 0. The summed E-state index contributed by atoms with van der Waals surface area (Å²) in [6.45, 7) is 4.47. The van der Waals surface area contributed by atoms with Crippen molar-refractivity contribution in [2.75, 3.05) is 0 Å². The number of benzene rings is 2. The predicted octanol–water partition coefficient (Wildman–Crippen LogP) is 6.56. The molecule has 152 valence electrons. The smallest absolute Gasteiger partial charge is 0.310 e. The first kappa shape index (κ1) is 19.9. The van der Waals surface area contributed by atoms with E-state index in [0.29, 0.717) is 11.1 Å².